The minimum Gasteiger partial charge on any atom is -1.00 e. The lowest BCUT2D eigenvalue weighted by atomic mass is 9.81. The highest BCUT2D eigenvalue weighted by molar-refractivity contribution is 7.11. The molecule has 3 N–H and O–H groups in total. The van der Waals surface area contributed by atoms with E-state index in [0.29, 0.717) is 24.4 Å². The zero-order valence-corrected chi connectivity index (χ0v) is 65.3. The van der Waals surface area contributed by atoms with Crippen LogP contribution in [0.3, 0.4) is 0 Å². The SMILES string of the molecule is O=C(O[C@H]1C[N+]2(CCCc3cccs3)CCC1CC2)[C@](O)(c1cccs1)C1CCCC1.O=C(O[C@H]1C[N+]2(CCOc3ccccc3)CCC1CC2)[C@](O)(c1cccs1)C1CCCC1.O=C(O[C@H]1C[N+]2(CCc3ccccc3)CCC1CC2)[C@](O)(c1cccs1)C1CCCC1.O=C([O-])C(F)(F)F.[Br-].[Br-]. The van der Waals surface area contributed by atoms with Crippen LogP contribution in [0.4, 0.5) is 13.2 Å². The zero-order valence-electron chi connectivity index (χ0n) is 58.8. The monoisotopic (exact) mass is 1630 g/mol. The predicted octanol–water partition coefficient (Wildman–Crippen LogP) is 7.16. The fourth-order valence-electron chi connectivity index (χ4n) is 18.5. The molecule has 12 fully saturated rings. The van der Waals surface area contributed by atoms with Crippen molar-refractivity contribution < 1.29 is 119 Å². The Labute approximate surface area is 642 Å². The second kappa shape index (κ2) is 36.1. The molecule has 6 bridgehead atoms. The summed E-state index contributed by atoms with van der Waals surface area (Å²) in [5, 5.41) is 51.8. The fraction of sp³-hybridized carbons (Fsp3) is 0.595. The lowest BCUT2D eigenvalue weighted by molar-refractivity contribution is -0.946. The van der Waals surface area contributed by atoms with E-state index < -0.39 is 46.9 Å². The first kappa shape index (κ1) is 81.0. The van der Waals surface area contributed by atoms with E-state index in [1.807, 2.05) is 94.2 Å². The predicted molar refractivity (Wildman–Crippen MR) is 383 cm³/mol. The van der Waals surface area contributed by atoms with Crippen molar-refractivity contribution in [2.75, 3.05) is 85.1 Å². The first-order valence-corrected chi connectivity index (χ1v) is 40.7. The lowest BCUT2D eigenvalue weighted by Crippen LogP contribution is -3.00. The van der Waals surface area contributed by atoms with E-state index in [0.717, 1.165) is 215 Å². The molecule has 2 aromatic carbocycles. The van der Waals surface area contributed by atoms with Gasteiger partial charge in [-0.15, -0.1) is 45.3 Å². The largest absolute Gasteiger partial charge is 1.00 e. The van der Waals surface area contributed by atoms with Gasteiger partial charge in [0, 0.05) is 106 Å². The van der Waals surface area contributed by atoms with Crippen molar-refractivity contribution in [3.05, 3.63) is 156 Å². The molecule has 103 heavy (non-hydrogen) atoms. The number of aliphatic hydroxyl groups is 3. The maximum atomic E-state index is 13.5. The molecule has 3 saturated carbocycles. The van der Waals surface area contributed by atoms with Crippen molar-refractivity contribution in [1.82, 2.24) is 0 Å². The topological polar surface area (TPSA) is 189 Å². The van der Waals surface area contributed by atoms with Crippen LogP contribution in [-0.4, -0.2) is 162 Å². The number of rotatable bonds is 23. The molecule has 3 aliphatic carbocycles. The van der Waals surface area contributed by atoms with Gasteiger partial charge in [0.05, 0.1) is 52.4 Å². The van der Waals surface area contributed by atoms with Crippen LogP contribution in [0.15, 0.2) is 131 Å². The van der Waals surface area contributed by atoms with Gasteiger partial charge in [-0.25, -0.2) is 14.4 Å². The number of ether oxygens (including phenoxy) is 4. The summed E-state index contributed by atoms with van der Waals surface area (Å²) in [5.74, 6) is -2.11. The number of fused-ring (bicyclic) bond motifs is 9. The van der Waals surface area contributed by atoms with Gasteiger partial charge in [-0.2, -0.15) is 13.2 Å². The van der Waals surface area contributed by atoms with E-state index in [2.05, 4.69) is 47.8 Å². The number of hydrogen-bond acceptors (Lipinski definition) is 16. The summed E-state index contributed by atoms with van der Waals surface area (Å²) in [6, 6.07) is 36.4. The Kier molecular flexibility index (Phi) is 28.4. The number of carbonyl (C=O) groups is 4. The summed E-state index contributed by atoms with van der Waals surface area (Å²) in [6.07, 6.45) is 16.5. The molecule has 24 heteroatoms. The molecule has 0 unspecified atom stereocenters. The van der Waals surface area contributed by atoms with E-state index in [1.54, 1.807) is 0 Å². The quantitative estimate of drug-likeness (QED) is 0.0334. The van der Waals surface area contributed by atoms with Crippen molar-refractivity contribution in [2.24, 2.45) is 35.5 Å². The summed E-state index contributed by atoms with van der Waals surface area (Å²) in [5.41, 5.74) is -3.07. The Morgan fingerprint density at radius 2 is 0.777 bits per heavy atom. The standard InChI is InChI=1S/C26H34NO4S.C26H34NO3S.C25H34NO3S2.C2HF3O2.2BrH/c28-25(26(29,21-7-4-5-8-21)24-11-6-18-32-24)31-23-19-27(14-12-20(23)13-15-27)16-17-30-22-9-2-1-3-10-22;28-25(26(29,22-9-4-5-10-22)24-11-6-18-31-24)30-23-19-27(16-13-21(23)14-17-27)15-12-20-7-2-1-3-8-20;27-24(25(28,20-6-1-2-7-20)23-10-5-17-31-23)29-22-18-26(14-11-19(22)12-15-26)13-3-8-21-9-4-16-30-21;3-2(4,5)1(6)7;;/h1-3,6,9-11,18,20-21,23,29H,4-5,7-8,12-17,19H2;1-3,6-8,11,18,21-23,29H,4-5,9-10,12-17,19H2;4-5,9-10,16-17,19-20,22,28H,1-3,6-8,11-15,18H2;(H,6,7);2*1H/q3*+1;;;/p-3/t20?,23-,26+,27?;21?,23-,26+,27?;19?,22-,25+,26?;;;/m000.../s1. The second-order valence-electron chi connectivity index (χ2n) is 30.5. The number of carboxylic acid groups (broad SMARTS) is 1. The number of benzene rings is 2. The van der Waals surface area contributed by atoms with Crippen LogP contribution in [0.25, 0.3) is 0 Å². The molecule has 13 heterocycles. The van der Waals surface area contributed by atoms with E-state index in [1.165, 1.54) is 77.1 Å². The van der Waals surface area contributed by atoms with Gasteiger partial charge < -0.3 is 91.6 Å². The summed E-state index contributed by atoms with van der Waals surface area (Å²) in [4.78, 5) is 53.0. The summed E-state index contributed by atoms with van der Waals surface area (Å²) >= 11 is 6.25. The van der Waals surface area contributed by atoms with Crippen LogP contribution in [0, 0.1) is 35.5 Å². The Hall–Kier alpha value is -4.57. The second-order valence-corrected chi connectivity index (χ2v) is 34.3. The molecule has 0 amide bonds. The summed E-state index contributed by atoms with van der Waals surface area (Å²) in [7, 11) is 0. The number of piperidine rings is 9. The van der Waals surface area contributed by atoms with Crippen LogP contribution >= 0.6 is 45.3 Å². The number of halogens is 5. The van der Waals surface area contributed by atoms with Crippen molar-refractivity contribution >= 4 is 69.2 Å². The molecule has 4 aromatic heterocycles. The van der Waals surface area contributed by atoms with Crippen LogP contribution in [-0.2, 0) is 63.0 Å². The Morgan fingerprint density at radius 1 is 0.437 bits per heavy atom. The molecule has 18 rings (SSSR count). The molecule has 6 aromatic rings. The van der Waals surface area contributed by atoms with Gasteiger partial charge >= 0.3 is 24.1 Å². The van der Waals surface area contributed by atoms with Gasteiger partial charge in [0.25, 0.3) is 0 Å². The summed E-state index contributed by atoms with van der Waals surface area (Å²) < 4.78 is 59.2. The first-order valence-electron chi connectivity index (χ1n) is 37.2. The van der Waals surface area contributed by atoms with Crippen molar-refractivity contribution in [1.29, 1.82) is 0 Å². The molecular weight excluding hydrogens is 1530 g/mol. The molecule has 6 atom stereocenters. The number of para-hydroxylation sites is 1. The Balaban J connectivity index is 0.000000157. The van der Waals surface area contributed by atoms with Crippen molar-refractivity contribution in [3.8, 4) is 5.75 Å². The van der Waals surface area contributed by atoms with E-state index in [4.69, 9.17) is 28.8 Å². The number of esters is 3. The maximum Gasteiger partial charge on any atom is 0.430 e. The number of aliphatic carboxylic acids is 1. The smallest absolute Gasteiger partial charge is 0.430 e. The van der Waals surface area contributed by atoms with Gasteiger partial charge in [0.1, 0.15) is 44.5 Å². The third-order valence-corrected chi connectivity index (χ3v) is 28.4. The van der Waals surface area contributed by atoms with Gasteiger partial charge in [-0.1, -0.05) is 111 Å². The number of aryl methyl sites for hydroxylation is 1. The third kappa shape index (κ3) is 19.1. The molecular formula is C79H102Br2F3N3O12S4. The lowest BCUT2D eigenvalue weighted by Gasteiger charge is -2.52. The van der Waals surface area contributed by atoms with E-state index in [-0.39, 0.29) is 70.0 Å². The highest BCUT2D eigenvalue weighted by Gasteiger charge is 2.57. The number of quaternary nitrogens is 3. The minimum absolute atomic E-state index is 0. The van der Waals surface area contributed by atoms with Gasteiger partial charge in [0.2, 0.25) is 0 Å². The first-order chi connectivity index (χ1) is 48.7. The molecule has 15 nitrogen and oxygen atoms in total. The summed E-state index contributed by atoms with van der Waals surface area (Å²) in [6.45, 7) is 13.5. The highest BCUT2D eigenvalue weighted by Crippen LogP contribution is 2.49. The third-order valence-electron chi connectivity index (χ3n) is 24.5. The van der Waals surface area contributed by atoms with Crippen molar-refractivity contribution in [3.63, 3.8) is 0 Å². The number of carbonyl (C=O) groups excluding carboxylic acids is 4. The van der Waals surface area contributed by atoms with Crippen LogP contribution in [0.2, 0.25) is 0 Å². The highest BCUT2D eigenvalue weighted by atomic mass is 79.9. The van der Waals surface area contributed by atoms with Gasteiger partial charge in [-0.3, -0.25) is 0 Å². The molecule has 0 radical (unpaired) electrons. The van der Waals surface area contributed by atoms with E-state index >= 15 is 0 Å². The zero-order chi connectivity index (χ0) is 70.7. The van der Waals surface area contributed by atoms with Gasteiger partial charge in [0.15, 0.2) is 35.1 Å². The Morgan fingerprint density at radius 3 is 1.12 bits per heavy atom. The van der Waals surface area contributed by atoms with E-state index in [9.17, 15) is 42.9 Å². The van der Waals surface area contributed by atoms with Crippen LogP contribution in [0.1, 0.15) is 147 Å². The van der Waals surface area contributed by atoms with Crippen LogP contribution in [0.5, 0.6) is 5.75 Å². The molecule has 0 spiro atoms. The average Bonchev–Trinajstić information content (AvgIpc) is 1.75. The minimum atomic E-state index is -5.19. The van der Waals surface area contributed by atoms with Gasteiger partial charge in [-0.05, 0) is 108 Å². The fourth-order valence-corrected chi connectivity index (χ4v) is 22.0. The molecule has 9 aliphatic heterocycles. The molecule has 9 saturated heterocycles. The number of nitrogens with zero attached hydrogens (tertiary/aromatic N) is 3. The number of hydrogen-bond donors (Lipinski definition) is 3. The van der Waals surface area contributed by atoms with Crippen LogP contribution < -0.4 is 43.8 Å². The maximum absolute atomic E-state index is 13.5. The molecule has 564 valence electrons. The number of thiophene rings is 4. The number of carboxylic acids is 1. The van der Waals surface area contributed by atoms with Crippen molar-refractivity contribution in [2.45, 2.75) is 176 Å². The average molecular weight is 1630 g/mol. The normalized spacial score (nSPS) is 28.2. The molecule has 12 aliphatic rings. The number of alkyl halides is 3. The Bertz CT molecular complexity index is 3560.